The predicted molar refractivity (Wildman–Crippen MR) is 82.4 cm³/mol. The highest BCUT2D eigenvalue weighted by molar-refractivity contribution is 9.11. The number of thiophene rings is 1. The van der Waals surface area contributed by atoms with Crippen LogP contribution in [0.1, 0.15) is 16.5 Å². The van der Waals surface area contributed by atoms with E-state index in [1.54, 1.807) is 24.5 Å². The number of rotatable bonds is 5. The summed E-state index contributed by atoms with van der Waals surface area (Å²) >= 11 is 4.99. The zero-order valence-electron chi connectivity index (χ0n) is 11.4. The van der Waals surface area contributed by atoms with E-state index in [9.17, 15) is 4.39 Å². The Labute approximate surface area is 129 Å². The maximum absolute atomic E-state index is 14.3. The summed E-state index contributed by atoms with van der Waals surface area (Å²) in [6.07, 6.45) is 0. The van der Waals surface area contributed by atoms with E-state index in [2.05, 4.69) is 21.2 Å². The fourth-order valence-electron chi connectivity index (χ4n) is 2.03. The molecule has 0 aliphatic heterocycles. The van der Waals surface area contributed by atoms with E-state index >= 15 is 0 Å². The Morgan fingerprint density at radius 3 is 2.35 bits per heavy atom. The van der Waals surface area contributed by atoms with Crippen LogP contribution >= 0.6 is 27.3 Å². The molecule has 0 saturated carbocycles. The van der Waals surface area contributed by atoms with Gasteiger partial charge in [-0.25, -0.2) is 4.39 Å². The Balaban J connectivity index is 2.49. The molecule has 2 rings (SSSR count). The molecule has 1 unspecified atom stereocenters. The van der Waals surface area contributed by atoms with Crippen molar-refractivity contribution in [2.24, 2.45) is 0 Å². The topological polar surface area (TPSA) is 30.5 Å². The molecule has 1 N–H and O–H groups in total. The number of benzene rings is 1. The lowest BCUT2D eigenvalue weighted by Crippen LogP contribution is -2.18. The van der Waals surface area contributed by atoms with Gasteiger partial charge in [0.2, 0.25) is 0 Å². The van der Waals surface area contributed by atoms with Crippen molar-refractivity contribution in [2.45, 2.75) is 6.04 Å². The SMILES string of the molecule is CNC(c1ccc(Br)s1)c1cc(OC)c(OC)cc1F. The van der Waals surface area contributed by atoms with Crippen molar-refractivity contribution < 1.29 is 13.9 Å². The van der Waals surface area contributed by atoms with E-state index in [-0.39, 0.29) is 11.9 Å². The molecule has 20 heavy (non-hydrogen) atoms. The lowest BCUT2D eigenvalue weighted by Gasteiger charge is -2.18. The number of halogens is 2. The van der Waals surface area contributed by atoms with Crippen LogP contribution in [0.5, 0.6) is 11.5 Å². The Hall–Kier alpha value is -1.11. The molecule has 2 aromatic rings. The molecule has 0 bridgehead atoms. The maximum atomic E-state index is 14.3. The molecule has 6 heteroatoms. The minimum absolute atomic E-state index is 0.230. The summed E-state index contributed by atoms with van der Waals surface area (Å²) in [7, 11) is 4.83. The number of methoxy groups -OCH3 is 2. The molecule has 0 fully saturated rings. The highest BCUT2D eigenvalue weighted by Gasteiger charge is 2.21. The molecular weight excluding hydrogens is 345 g/mol. The summed E-state index contributed by atoms with van der Waals surface area (Å²) in [6.45, 7) is 0. The smallest absolute Gasteiger partial charge is 0.163 e. The van der Waals surface area contributed by atoms with E-state index in [0.29, 0.717) is 17.1 Å². The molecule has 0 saturated heterocycles. The Kier molecular flexibility index (Phi) is 5.01. The normalized spacial score (nSPS) is 12.2. The van der Waals surface area contributed by atoms with Crippen LogP contribution in [0.2, 0.25) is 0 Å². The Morgan fingerprint density at radius 2 is 1.85 bits per heavy atom. The van der Waals surface area contributed by atoms with Crippen LogP contribution in [0.15, 0.2) is 28.1 Å². The lowest BCUT2D eigenvalue weighted by molar-refractivity contribution is 0.351. The third-order valence-electron chi connectivity index (χ3n) is 2.98. The summed E-state index contributed by atoms with van der Waals surface area (Å²) in [4.78, 5) is 1.02. The molecule has 0 aliphatic rings. The van der Waals surface area contributed by atoms with Crippen LogP contribution < -0.4 is 14.8 Å². The molecule has 0 radical (unpaired) electrons. The fourth-order valence-corrected chi connectivity index (χ4v) is 3.58. The van der Waals surface area contributed by atoms with Crippen molar-refractivity contribution in [1.29, 1.82) is 0 Å². The summed E-state index contributed by atoms with van der Waals surface area (Å²) in [6, 6.07) is 6.70. The minimum atomic E-state index is -0.327. The predicted octanol–water partition coefficient (Wildman–Crippen LogP) is 3.98. The van der Waals surface area contributed by atoms with Gasteiger partial charge >= 0.3 is 0 Å². The van der Waals surface area contributed by atoms with Crippen molar-refractivity contribution in [2.75, 3.05) is 21.3 Å². The molecule has 3 nitrogen and oxygen atoms in total. The number of hydrogen-bond donors (Lipinski definition) is 1. The summed E-state index contributed by atoms with van der Waals surface area (Å²) in [5, 5.41) is 3.13. The van der Waals surface area contributed by atoms with Gasteiger partial charge in [0.15, 0.2) is 11.5 Å². The van der Waals surface area contributed by atoms with E-state index in [4.69, 9.17) is 9.47 Å². The monoisotopic (exact) mass is 359 g/mol. The van der Waals surface area contributed by atoms with Gasteiger partial charge < -0.3 is 14.8 Å². The Bertz CT molecular complexity index is 603. The van der Waals surface area contributed by atoms with Crippen LogP contribution in [0.25, 0.3) is 0 Å². The molecule has 1 aromatic heterocycles. The molecule has 0 amide bonds. The third kappa shape index (κ3) is 2.97. The number of hydrogen-bond acceptors (Lipinski definition) is 4. The van der Waals surface area contributed by atoms with Gasteiger partial charge in [-0.1, -0.05) is 0 Å². The zero-order valence-corrected chi connectivity index (χ0v) is 13.8. The van der Waals surface area contributed by atoms with Crippen LogP contribution in [0.4, 0.5) is 4.39 Å². The van der Waals surface area contributed by atoms with Crippen molar-refractivity contribution in [3.63, 3.8) is 0 Å². The first-order valence-electron chi connectivity index (χ1n) is 5.94. The van der Waals surface area contributed by atoms with Crippen molar-refractivity contribution in [3.05, 3.63) is 44.3 Å². The Morgan fingerprint density at radius 1 is 1.20 bits per heavy atom. The van der Waals surface area contributed by atoms with Gasteiger partial charge in [-0.3, -0.25) is 0 Å². The van der Waals surface area contributed by atoms with Gasteiger partial charge in [0, 0.05) is 16.5 Å². The van der Waals surface area contributed by atoms with Crippen molar-refractivity contribution in [1.82, 2.24) is 5.32 Å². The number of nitrogens with one attached hydrogen (secondary N) is 1. The van der Waals surface area contributed by atoms with Gasteiger partial charge in [0.05, 0.1) is 24.0 Å². The van der Waals surface area contributed by atoms with Crippen LogP contribution in [0.3, 0.4) is 0 Å². The van der Waals surface area contributed by atoms with E-state index in [1.165, 1.54) is 20.3 Å². The van der Waals surface area contributed by atoms with E-state index < -0.39 is 0 Å². The van der Waals surface area contributed by atoms with Crippen LogP contribution in [-0.4, -0.2) is 21.3 Å². The highest BCUT2D eigenvalue weighted by atomic mass is 79.9. The number of ether oxygens (including phenoxy) is 2. The third-order valence-corrected chi connectivity index (χ3v) is 4.67. The van der Waals surface area contributed by atoms with Gasteiger partial charge in [-0.05, 0) is 41.2 Å². The average Bonchev–Trinajstić information content (AvgIpc) is 2.87. The van der Waals surface area contributed by atoms with Crippen LogP contribution in [-0.2, 0) is 0 Å². The first-order valence-corrected chi connectivity index (χ1v) is 7.55. The van der Waals surface area contributed by atoms with E-state index in [1.807, 2.05) is 12.1 Å². The molecular formula is C14H15BrFNO2S. The van der Waals surface area contributed by atoms with Crippen molar-refractivity contribution >= 4 is 27.3 Å². The van der Waals surface area contributed by atoms with Gasteiger partial charge in [-0.2, -0.15) is 0 Å². The summed E-state index contributed by atoms with van der Waals surface area (Å²) < 4.78 is 25.7. The lowest BCUT2D eigenvalue weighted by atomic mass is 10.0. The molecule has 1 heterocycles. The first kappa shape index (κ1) is 15.3. The second-order valence-electron chi connectivity index (χ2n) is 4.09. The second kappa shape index (κ2) is 6.56. The van der Waals surface area contributed by atoms with Gasteiger partial charge in [0.1, 0.15) is 5.82 Å². The molecule has 0 spiro atoms. The first-order chi connectivity index (χ1) is 9.60. The standard InChI is InChI=1S/C14H15BrFNO2S/c1-17-14(12-4-5-13(15)20-12)8-6-10(18-2)11(19-3)7-9(8)16/h4-7,14,17H,1-3H3. The molecule has 108 valence electrons. The fraction of sp³-hybridized carbons (Fsp3) is 0.286. The van der Waals surface area contributed by atoms with Gasteiger partial charge in [-0.15, -0.1) is 11.3 Å². The van der Waals surface area contributed by atoms with Crippen LogP contribution in [0, 0.1) is 5.82 Å². The molecule has 0 aliphatic carbocycles. The molecule has 1 atom stereocenters. The highest BCUT2D eigenvalue weighted by Crippen LogP contribution is 2.37. The van der Waals surface area contributed by atoms with Gasteiger partial charge in [0.25, 0.3) is 0 Å². The molecule has 1 aromatic carbocycles. The average molecular weight is 360 g/mol. The van der Waals surface area contributed by atoms with E-state index in [0.717, 1.165) is 8.66 Å². The minimum Gasteiger partial charge on any atom is -0.493 e. The zero-order chi connectivity index (χ0) is 14.7. The summed E-state index contributed by atoms with van der Waals surface area (Å²) in [5.74, 6) is 0.572. The summed E-state index contributed by atoms with van der Waals surface area (Å²) in [5.41, 5.74) is 0.527. The second-order valence-corrected chi connectivity index (χ2v) is 6.59. The maximum Gasteiger partial charge on any atom is 0.163 e. The quantitative estimate of drug-likeness (QED) is 0.875. The van der Waals surface area contributed by atoms with Crippen molar-refractivity contribution in [3.8, 4) is 11.5 Å². The largest absolute Gasteiger partial charge is 0.493 e.